The minimum absolute atomic E-state index is 0.00727. The molecule has 0 unspecified atom stereocenters. The van der Waals surface area contributed by atoms with E-state index in [1.165, 1.54) is 0 Å². The Labute approximate surface area is 125 Å². The first-order valence-corrected chi connectivity index (χ1v) is 8.52. The SMILES string of the molecule is CCCS(=O)(=O)NCC(=O)Nc1ccccc1OC(C)C. The van der Waals surface area contributed by atoms with Gasteiger partial charge in [-0.05, 0) is 32.4 Å². The first-order valence-electron chi connectivity index (χ1n) is 6.87. The van der Waals surface area contributed by atoms with E-state index in [4.69, 9.17) is 4.74 Å². The van der Waals surface area contributed by atoms with E-state index in [9.17, 15) is 13.2 Å². The summed E-state index contributed by atoms with van der Waals surface area (Å²) in [6.45, 7) is 5.24. The van der Waals surface area contributed by atoms with Gasteiger partial charge in [-0.3, -0.25) is 4.79 Å². The summed E-state index contributed by atoms with van der Waals surface area (Å²) in [5.41, 5.74) is 0.519. The van der Waals surface area contributed by atoms with Gasteiger partial charge in [-0.2, -0.15) is 0 Å². The summed E-state index contributed by atoms with van der Waals surface area (Å²) in [4.78, 5) is 11.8. The normalized spacial score (nSPS) is 11.4. The molecule has 1 rings (SSSR count). The number of hydrogen-bond donors (Lipinski definition) is 2. The number of carbonyl (C=O) groups is 1. The van der Waals surface area contributed by atoms with Crippen molar-refractivity contribution in [1.29, 1.82) is 0 Å². The van der Waals surface area contributed by atoms with Crippen LogP contribution in [-0.2, 0) is 14.8 Å². The second-order valence-electron chi connectivity index (χ2n) is 4.85. The minimum atomic E-state index is -3.39. The second kappa shape index (κ2) is 7.99. The number of nitrogens with one attached hydrogen (secondary N) is 2. The average molecular weight is 314 g/mol. The van der Waals surface area contributed by atoms with E-state index in [2.05, 4.69) is 10.0 Å². The summed E-state index contributed by atoms with van der Waals surface area (Å²) in [6.07, 6.45) is 0.480. The van der Waals surface area contributed by atoms with Crippen LogP contribution in [0.25, 0.3) is 0 Å². The molecule has 7 heteroatoms. The van der Waals surface area contributed by atoms with Crippen LogP contribution in [0.4, 0.5) is 5.69 Å². The summed E-state index contributed by atoms with van der Waals surface area (Å²) in [5, 5.41) is 2.64. The zero-order valence-corrected chi connectivity index (χ0v) is 13.4. The number of hydrogen-bond acceptors (Lipinski definition) is 4. The van der Waals surface area contributed by atoms with Crippen molar-refractivity contribution in [3.8, 4) is 5.75 Å². The fourth-order valence-electron chi connectivity index (χ4n) is 1.64. The second-order valence-corrected chi connectivity index (χ2v) is 6.78. The van der Waals surface area contributed by atoms with Crippen molar-refractivity contribution < 1.29 is 17.9 Å². The smallest absolute Gasteiger partial charge is 0.239 e. The Bertz CT molecular complexity index is 570. The molecule has 0 fully saturated rings. The molecule has 0 bridgehead atoms. The third-order valence-corrected chi connectivity index (χ3v) is 3.98. The first-order chi connectivity index (χ1) is 9.84. The molecule has 0 heterocycles. The van der Waals surface area contributed by atoms with Gasteiger partial charge in [0.1, 0.15) is 5.75 Å². The van der Waals surface area contributed by atoms with Gasteiger partial charge in [0.05, 0.1) is 24.1 Å². The van der Waals surface area contributed by atoms with Gasteiger partial charge in [0.2, 0.25) is 15.9 Å². The molecule has 0 aliphatic carbocycles. The maximum Gasteiger partial charge on any atom is 0.239 e. The molecule has 118 valence electrons. The molecular weight excluding hydrogens is 292 g/mol. The van der Waals surface area contributed by atoms with Gasteiger partial charge in [0, 0.05) is 0 Å². The molecule has 1 aromatic rings. The highest BCUT2D eigenvalue weighted by molar-refractivity contribution is 7.89. The Hall–Kier alpha value is -1.60. The minimum Gasteiger partial charge on any atom is -0.489 e. The van der Waals surface area contributed by atoms with Gasteiger partial charge in [-0.25, -0.2) is 13.1 Å². The third-order valence-electron chi connectivity index (χ3n) is 2.45. The van der Waals surface area contributed by atoms with Gasteiger partial charge in [-0.1, -0.05) is 19.1 Å². The number of para-hydroxylation sites is 2. The summed E-state index contributed by atoms with van der Waals surface area (Å²) in [5.74, 6) is 0.125. The molecule has 0 spiro atoms. The van der Waals surface area contributed by atoms with Crippen LogP contribution in [-0.4, -0.2) is 32.7 Å². The number of sulfonamides is 1. The fraction of sp³-hybridized carbons (Fsp3) is 0.500. The number of ether oxygens (including phenoxy) is 1. The van der Waals surface area contributed by atoms with E-state index in [-0.39, 0.29) is 18.4 Å². The quantitative estimate of drug-likeness (QED) is 0.765. The van der Waals surface area contributed by atoms with Crippen molar-refractivity contribution in [3.05, 3.63) is 24.3 Å². The van der Waals surface area contributed by atoms with Crippen LogP contribution in [0.15, 0.2) is 24.3 Å². The van der Waals surface area contributed by atoms with Crippen LogP contribution in [0, 0.1) is 0 Å². The van der Waals surface area contributed by atoms with Crippen LogP contribution in [0.1, 0.15) is 27.2 Å². The Morgan fingerprint density at radius 3 is 2.57 bits per heavy atom. The largest absolute Gasteiger partial charge is 0.489 e. The Morgan fingerprint density at radius 1 is 1.29 bits per heavy atom. The molecule has 0 aliphatic rings. The number of anilines is 1. The standard InChI is InChI=1S/C14H22N2O4S/c1-4-9-21(18,19)15-10-14(17)16-12-7-5-6-8-13(12)20-11(2)3/h5-8,11,15H,4,9-10H2,1-3H3,(H,16,17). The lowest BCUT2D eigenvalue weighted by molar-refractivity contribution is -0.115. The van der Waals surface area contributed by atoms with E-state index < -0.39 is 15.9 Å². The van der Waals surface area contributed by atoms with Crippen LogP contribution in [0.5, 0.6) is 5.75 Å². The molecule has 6 nitrogen and oxygen atoms in total. The van der Waals surface area contributed by atoms with Crippen molar-refractivity contribution >= 4 is 21.6 Å². The lowest BCUT2D eigenvalue weighted by atomic mass is 10.3. The van der Waals surface area contributed by atoms with E-state index in [1.54, 1.807) is 31.2 Å². The first kappa shape index (κ1) is 17.5. The van der Waals surface area contributed by atoms with E-state index in [1.807, 2.05) is 13.8 Å². The van der Waals surface area contributed by atoms with Crippen molar-refractivity contribution in [2.75, 3.05) is 17.6 Å². The molecule has 0 atom stereocenters. The van der Waals surface area contributed by atoms with E-state index >= 15 is 0 Å². The summed E-state index contributed by atoms with van der Waals surface area (Å²) < 4.78 is 30.8. The van der Waals surface area contributed by atoms with Crippen molar-refractivity contribution in [1.82, 2.24) is 4.72 Å². The van der Waals surface area contributed by atoms with Crippen molar-refractivity contribution in [2.45, 2.75) is 33.3 Å². The summed E-state index contributed by atoms with van der Waals surface area (Å²) >= 11 is 0. The number of rotatable bonds is 8. The molecule has 0 saturated carbocycles. The molecular formula is C14H22N2O4S. The number of benzene rings is 1. The maximum absolute atomic E-state index is 11.8. The molecule has 0 aromatic heterocycles. The highest BCUT2D eigenvalue weighted by Crippen LogP contribution is 2.24. The molecule has 1 amide bonds. The predicted molar refractivity (Wildman–Crippen MR) is 82.9 cm³/mol. The van der Waals surface area contributed by atoms with E-state index in [0.29, 0.717) is 17.9 Å². The van der Waals surface area contributed by atoms with Gasteiger partial charge in [0.15, 0.2) is 0 Å². The summed E-state index contributed by atoms with van der Waals surface area (Å²) in [7, 11) is -3.39. The number of carbonyl (C=O) groups excluding carboxylic acids is 1. The molecule has 1 aromatic carbocycles. The predicted octanol–water partition coefficient (Wildman–Crippen LogP) is 1.74. The van der Waals surface area contributed by atoms with Crippen LogP contribution >= 0.6 is 0 Å². The van der Waals surface area contributed by atoms with Gasteiger partial charge in [0.25, 0.3) is 0 Å². The molecule has 2 N–H and O–H groups in total. The average Bonchev–Trinajstić information content (AvgIpc) is 2.38. The van der Waals surface area contributed by atoms with E-state index in [0.717, 1.165) is 0 Å². The third kappa shape index (κ3) is 6.59. The van der Waals surface area contributed by atoms with Crippen LogP contribution in [0.2, 0.25) is 0 Å². The van der Waals surface area contributed by atoms with Crippen molar-refractivity contribution in [3.63, 3.8) is 0 Å². The highest BCUT2D eigenvalue weighted by Gasteiger charge is 2.13. The Kier molecular flexibility index (Phi) is 6.64. The zero-order chi connectivity index (χ0) is 15.9. The monoisotopic (exact) mass is 314 g/mol. The lowest BCUT2D eigenvalue weighted by Gasteiger charge is -2.14. The molecule has 0 aliphatic heterocycles. The molecule has 0 radical (unpaired) electrons. The molecule has 0 saturated heterocycles. The van der Waals surface area contributed by atoms with Gasteiger partial charge >= 0.3 is 0 Å². The summed E-state index contributed by atoms with van der Waals surface area (Å²) in [6, 6.07) is 7.02. The van der Waals surface area contributed by atoms with Crippen molar-refractivity contribution in [2.24, 2.45) is 0 Å². The van der Waals surface area contributed by atoms with Crippen LogP contribution in [0.3, 0.4) is 0 Å². The zero-order valence-electron chi connectivity index (χ0n) is 12.5. The lowest BCUT2D eigenvalue weighted by Crippen LogP contribution is -2.34. The van der Waals surface area contributed by atoms with Crippen LogP contribution < -0.4 is 14.8 Å². The molecule has 21 heavy (non-hydrogen) atoms. The highest BCUT2D eigenvalue weighted by atomic mass is 32.2. The topological polar surface area (TPSA) is 84.5 Å². The maximum atomic E-state index is 11.8. The van der Waals surface area contributed by atoms with Gasteiger partial charge in [-0.15, -0.1) is 0 Å². The fourth-order valence-corrected chi connectivity index (χ4v) is 2.67. The van der Waals surface area contributed by atoms with Gasteiger partial charge < -0.3 is 10.1 Å². The number of amides is 1. The Balaban J connectivity index is 2.63. The Morgan fingerprint density at radius 2 is 1.95 bits per heavy atom.